The van der Waals surface area contributed by atoms with Crippen LogP contribution in [-0.2, 0) is 0 Å². The van der Waals surface area contributed by atoms with E-state index in [2.05, 4.69) is 38.9 Å². The third-order valence-corrected chi connectivity index (χ3v) is 3.35. The third-order valence-electron chi connectivity index (χ3n) is 2.50. The smallest absolute Gasteiger partial charge is 0.252 e. The van der Waals surface area contributed by atoms with E-state index in [4.69, 9.17) is 4.74 Å². The van der Waals surface area contributed by atoms with Crippen molar-refractivity contribution < 1.29 is 13.9 Å². The quantitative estimate of drug-likeness (QED) is 0.792. The first kappa shape index (κ1) is 15.8. The molecule has 0 radical (unpaired) electrons. The number of hydrogen-bond donors (Lipinski definition) is 2. The summed E-state index contributed by atoms with van der Waals surface area (Å²) in [4.78, 5) is 15.7. The van der Waals surface area contributed by atoms with Crippen LogP contribution in [0.1, 0.15) is 10.4 Å². The number of halogens is 2. The standard InChI is InChI=1S/C14H12BrFN2O2S/c15-11-7-10(16)2-3-12(11)20-13-4-1-9(8-18-13)14(19)17-5-6-21/h1-4,7-8,21H,5-6H2,(H,17,19). The number of benzene rings is 1. The number of ether oxygens (including phenoxy) is 1. The lowest BCUT2D eigenvalue weighted by atomic mass is 10.2. The lowest BCUT2D eigenvalue weighted by Crippen LogP contribution is -2.25. The van der Waals surface area contributed by atoms with Crippen molar-refractivity contribution in [3.63, 3.8) is 0 Å². The largest absolute Gasteiger partial charge is 0.438 e. The lowest BCUT2D eigenvalue weighted by Gasteiger charge is -2.07. The van der Waals surface area contributed by atoms with E-state index in [0.29, 0.717) is 34.0 Å². The average Bonchev–Trinajstić information content (AvgIpc) is 2.48. The van der Waals surface area contributed by atoms with Crippen molar-refractivity contribution in [3.05, 3.63) is 52.4 Å². The van der Waals surface area contributed by atoms with Crippen LogP contribution >= 0.6 is 28.6 Å². The molecule has 1 aromatic heterocycles. The van der Waals surface area contributed by atoms with Crippen molar-refractivity contribution in [1.29, 1.82) is 0 Å². The van der Waals surface area contributed by atoms with Crippen LogP contribution in [0, 0.1) is 5.82 Å². The zero-order chi connectivity index (χ0) is 15.2. The molecule has 2 rings (SSSR count). The van der Waals surface area contributed by atoms with Gasteiger partial charge in [0.25, 0.3) is 5.91 Å². The highest BCUT2D eigenvalue weighted by molar-refractivity contribution is 9.10. The Labute approximate surface area is 135 Å². The number of nitrogens with zero attached hydrogens (tertiary/aromatic N) is 1. The Kier molecular flexibility index (Phi) is 5.58. The van der Waals surface area contributed by atoms with E-state index in [1.807, 2.05) is 0 Å². The highest BCUT2D eigenvalue weighted by Gasteiger charge is 2.08. The number of aromatic nitrogens is 1. The summed E-state index contributed by atoms with van der Waals surface area (Å²) < 4.78 is 19.0. The molecule has 0 bridgehead atoms. The zero-order valence-electron chi connectivity index (χ0n) is 10.8. The van der Waals surface area contributed by atoms with Gasteiger partial charge >= 0.3 is 0 Å². The van der Waals surface area contributed by atoms with Gasteiger partial charge in [-0.3, -0.25) is 4.79 Å². The molecule has 4 nitrogen and oxygen atoms in total. The molecule has 0 atom stereocenters. The van der Waals surface area contributed by atoms with E-state index < -0.39 is 0 Å². The first-order valence-corrected chi connectivity index (χ1v) is 7.50. The topological polar surface area (TPSA) is 51.2 Å². The fraction of sp³-hybridized carbons (Fsp3) is 0.143. The lowest BCUT2D eigenvalue weighted by molar-refractivity contribution is 0.0956. The molecule has 21 heavy (non-hydrogen) atoms. The van der Waals surface area contributed by atoms with Gasteiger partial charge in [0.05, 0.1) is 10.0 Å². The van der Waals surface area contributed by atoms with Crippen molar-refractivity contribution in [2.75, 3.05) is 12.3 Å². The molecule has 0 fully saturated rings. The summed E-state index contributed by atoms with van der Waals surface area (Å²) in [7, 11) is 0. The van der Waals surface area contributed by atoms with Crippen LogP contribution in [0.5, 0.6) is 11.6 Å². The van der Waals surface area contributed by atoms with Crippen molar-refractivity contribution >= 4 is 34.5 Å². The second-order valence-electron chi connectivity index (χ2n) is 4.04. The highest BCUT2D eigenvalue weighted by atomic mass is 79.9. The molecule has 0 aliphatic rings. The number of carbonyl (C=O) groups is 1. The van der Waals surface area contributed by atoms with Crippen molar-refractivity contribution in [1.82, 2.24) is 10.3 Å². The monoisotopic (exact) mass is 370 g/mol. The van der Waals surface area contributed by atoms with Gasteiger partial charge in [-0.15, -0.1) is 0 Å². The minimum atomic E-state index is -0.363. The molecule has 1 N–H and O–H groups in total. The van der Waals surface area contributed by atoms with Crippen molar-refractivity contribution in [3.8, 4) is 11.6 Å². The summed E-state index contributed by atoms with van der Waals surface area (Å²) in [6.07, 6.45) is 1.42. The number of amides is 1. The van der Waals surface area contributed by atoms with Crippen LogP contribution in [0.4, 0.5) is 4.39 Å². The first-order valence-electron chi connectivity index (χ1n) is 6.08. The van der Waals surface area contributed by atoms with Gasteiger partial charge in [-0.25, -0.2) is 9.37 Å². The molecule has 110 valence electrons. The Morgan fingerprint density at radius 1 is 1.38 bits per heavy atom. The van der Waals surface area contributed by atoms with Gasteiger partial charge in [0.1, 0.15) is 11.6 Å². The maximum atomic E-state index is 13.0. The molecule has 1 heterocycles. The van der Waals surface area contributed by atoms with Gasteiger partial charge in [0, 0.05) is 24.6 Å². The molecule has 0 saturated heterocycles. The van der Waals surface area contributed by atoms with E-state index in [-0.39, 0.29) is 11.7 Å². The van der Waals surface area contributed by atoms with Gasteiger partial charge in [0.15, 0.2) is 0 Å². The van der Waals surface area contributed by atoms with Crippen LogP contribution in [0.15, 0.2) is 41.0 Å². The Bertz CT molecular complexity index is 637. The molecule has 0 spiro atoms. The summed E-state index contributed by atoms with van der Waals surface area (Å²) in [5.41, 5.74) is 0.433. The Hall–Kier alpha value is -1.60. The molecule has 7 heteroatoms. The first-order chi connectivity index (χ1) is 10.1. The van der Waals surface area contributed by atoms with Gasteiger partial charge in [-0.1, -0.05) is 0 Å². The zero-order valence-corrected chi connectivity index (χ0v) is 13.3. The predicted octanol–water partition coefficient (Wildman–Crippen LogP) is 3.44. The summed E-state index contributed by atoms with van der Waals surface area (Å²) in [5, 5.41) is 2.69. The van der Waals surface area contributed by atoms with E-state index in [1.165, 1.54) is 24.4 Å². The number of pyridine rings is 1. The summed E-state index contributed by atoms with van der Waals surface area (Å²) in [6.45, 7) is 0.489. The SMILES string of the molecule is O=C(NCCS)c1ccc(Oc2ccc(F)cc2Br)nc1. The van der Waals surface area contributed by atoms with Crippen molar-refractivity contribution in [2.45, 2.75) is 0 Å². The van der Waals surface area contributed by atoms with Crippen LogP contribution in [0.25, 0.3) is 0 Å². The fourth-order valence-corrected chi connectivity index (χ4v) is 2.06. The van der Waals surface area contributed by atoms with Crippen molar-refractivity contribution in [2.24, 2.45) is 0 Å². The van der Waals surface area contributed by atoms with Crippen LogP contribution < -0.4 is 10.1 Å². The van der Waals surface area contributed by atoms with Crippen LogP contribution in [-0.4, -0.2) is 23.2 Å². The minimum Gasteiger partial charge on any atom is -0.438 e. The molecule has 0 aliphatic carbocycles. The van der Waals surface area contributed by atoms with E-state index >= 15 is 0 Å². The molecule has 0 unspecified atom stereocenters. The van der Waals surface area contributed by atoms with Gasteiger partial charge in [-0.2, -0.15) is 12.6 Å². The predicted molar refractivity (Wildman–Crippen MR) is 84.6 cm³/mol. The Morgan fingerprint density at radius 2 is 2.19 bits per heavy atom. The Balaban J connectivity index is 2.07. The summed E-state index contributed by atoms with van der Waals surface area (Å²) >= 11 is 7.22. The highest BCUT2D eigenvalue weighted by Crippen LogP contribution is 2.29. The normalized spacial score (nSPS) is 10.2. The summed E-state index contributed by atoms with van der Waals surface area (Å²) in [6, 6.07) is 7.27. The maximum Gasteiger partial charge on any atom is 0.252 e. The minimum absolute atomic E-state index is 0.217. The molecule has 1 aromatic carbocycles. The number of nitrogens with one attached hydrogen (secondary N) is 1. The number of thiol groups is 1. The number of hydrogen-bond acceptors (Lipinski definition) is 4. The molecule has 2 aromatic rings. The van der Waals surface area contributed by atoms with Gasteiger partial charge in [0.2, 0.25) is 5.88 Å². The van der Waals surface area contributed by atoms with E-state index in [9.17, 15) is 9.18 Å². The second kappa shape index (κ2) is 7.42. The molecule has 1 amide bonds. The summed E-state index contributed by atoms with van der Waals surface area (Å²) in [5.74, 6) is 0.743. The molecule has 0 aliphatic heterocycles. The number of rotatable bonds is 5. The van der Waals surface area contributed by atoms with E-state index in [0.717, 1.165) is 0 Å². The average molecular weight is 371 g/mol. The molecule has 0 saturated carbocycles. The van der Waals surface area contributed by atoms with Crippen LogP contribution in [0.2, 0.25) is 0 Å². The number of carbonyl (C=O) groups excluding carboxylic acids is 1. The molecular formula is C14H12BrFN2O2S. The van der Waals surface area contributed by atoms with Gasteiger partial charge in [-0.05, 0) is 40.2 Å². The van der Waals surface area contributed by atoms with Gasteiger partial charge < -0.3 is 10.1 Å². The third kappa shape index (κ3) is 4.44. The molecular weight excluding hydrogens is 359 g/mol. The second-order valence-corrected chi connectivity index (χ2v) is 5.34. The maximum absolute atomic E-state index is 13.0. The fourth-order valence-electron chi connectivity index (χ4n) is 1.52. The van der Waals surface area contributed by atoms with E-state index in [1.54, 1.807) is 12.1 Å². The Morgan fingerprint density at radius 3 is 2.81 bits per heavy atom. The van der Waals surface area contributed by atoms with Crippen LogP contribution in [0.3, 0.4) is 0 Å².